The standard InChI is InChI=1S/CH2O3.Ba.HI.H2O.2H/c2-1(3)4;;;;;/h(H2,2,3,4);;1H;1H2;;. The molecular formula is CH7BaIO4. The first-order valence-corrected chi connectivity index (χ1v) is 0.651. The maximum absolute atomic E-state index is 8.56. The Morgan fingerprint density at radius 2 is 1.29 bits per heavy atom. The van der Waals surface area contributed by atoms with Crippen LogP contribution in [-0.2, 0) is 0 Å². The van der Waals surface area contributed by atoms with Gasteiger partial charge in [-0.3, -0.25) is 0 Å². The summed E-state index contributed by atoms with van der Waals surface area (Å²) in [5.41, 5.74) is 0. The second kappa shape index (κ2) is 15.6. The van der Waals surface area contributed by atoms with Crippen molar-refractivity contribution in [2.24, 2.45) is 0 Å². The fourth-order valence-electron chi connectivity index (χ4n) is 0. The zero-order valence-corrected chi connectivity index (χ0v) is 5.04. The van der Waals surface area contributed by atoms with Crippen LogP contribution in [0, 0.1) is 0 Å². The van der Waals surface area contributed by atoms with Crippen LogP contribution in [0.15, 0.2) is 0 Å². The van der Waals surface area contributed by atoms with E-state index in [0.717, 1.165) is 0 Å². The minimum absolute atomic E-state index is 0. The monoisotopic (exact) mass is 348 g/mol. The zero-order chi connectivity index (χ0) is 3.58. The Morgan fingerprint density at radius 3 is 1.29 bits per heavy atom. The van der Waals surface area contributed by atoms with E-state index in [-0.39, 0.29) is 78.3 Å². The number of carbonyl (C=O) groups is 1. The molecule has 0 aliphatic heterocycles. The molecule has 0 aromatic carbocycles. The van der Waals surface area contributed by atoms with Crippen molar-refractivity contribution < 1.29 is 20.5 Å². The average Bonchev–Trinajstić information content (AvgIpc) is 0.811. The Labute approximate surface area is 97.7 Å². The van der Waals surface area contributed by atoms with Gasteiger partial charge in [-0.1, -0.05) is 0 Å². The maximum atomic E-state index is 8.56. The van der Waals surface area contributed by atoms with Gasteiger partial charge in [0.1, 0.15) is 0 Å². The third-order valence-electron chi connectivity index (χ3n) is 0. The number of hydrogen-bond donors (Lipinski definition) is 2. The van der Waals surface area contributed by atoms with Gasteiger partial charge in [0, 0.05) is 0 Å². The second-order valence-corrected chi connectivity index (χ2v) is 0.283. The molecule has 0 atom stereocenters. The van der Waals surface area contributed by atoms with Gasteiger partial charge in [-0.05, 0) is 0 Å². The van der Waals surface area contributed by atoms with Gasteiger partial charge < -0.3 is 15.7 Å². The van der Waals surface area contributed by atoms with Crippen molar-refractivity contribution >= 4 is 79.0 Å². The molecule has 44 valence electrons. The van der Waals surface area contributed by atoms with E-state index < -0.39 is 6.16 Å². The number of carboxylic acid groups (broad SMARTS) is 2. The molecule has 0 aromatic heterocycles. The Hall–Kier alpha value is 1.53. The van der Waals surface area contributed by atoms with Crippen LogP contribution in [0.1, 0.15) is 0 Å². The Balaban J connectivity index is -0.0000000150. The molecule has 4 N–H and O–H groups in total. The van der Waals surface area contributed by atoms with E-state index in [1.165, 1.54) is 0 Å². The normalized spacial score (nSPS) is 3.43. The first-order valence-electron chi connectivity index (χ1n) is 0.651. The molecule has 0 aromatic rings. The van der Waals surface area contributed by atoms with E-state index in [1.807, 2.05) is 0 Å². The van der Waals surface area contributed by atoms with Gasteiger partial charge in [-0.2, -0.15) is 0 Å². The molecule has 0 heterocycles. The summed E-state index contributed by atoms with van der Waals surface area (Å²) in [5, 5.41) is 13.9. The molecule has 0 rings (SSSR count). The second-order valence-electron chi connectivity index (χ2n) is 0.283. The van der Waals surface area contributed by atoms with Crippen molar-refractivity contribution in [3.05, 3.63) is 0 Å². The summed E-state index contributed by atoms with van der Waals surface area (Å²) in [5.74, 6) is 0. The van der Waals surface area contributed by atoms with Gasteiger partial charge in [0.05, 0.1) is 0 Å². The van der Waals surface area contributed by atoms with Crippen LogP contribution in [0.3, 0.4) is 0 Å². The molecule has 0 aliphatic rings. The van der Waals surface area contributed by atoms with E-state index in [0.29, 0.717) is 0 Å². The molecule has 6 heteroatoms. The van der Waals surface area contributed by atoms with Crippen molar-refractivity contribution in [3.8, 4) is 0 Å². The first kappa shape index (κ1) is 23.6. The van der Waals surface area contributed by atoms with Crippen molar-refractivity contribution in [3.63, 3.8) is 0 Å². The summed E-state index contributed by atoms with van der Waals surface area (Å²) in [6.07, 6.45) is -1.83. The average molecular weight is 347 g/mol. The molecule has 0 spiro atoms. The van der Waals surface area contributed by atoms with E-state index in [4.69, 9.17) is 15.0 Å². The van der Waals surface area contributed by atoms with Crippen LogP contribution in [0.4, 0.5) is 4.79 Å². The van der Waals surface area contributed by atoms with Crippen LogP contribution in [0.2, 0.25) is 0 Å². The molecule has 0 saturated heterocycles. The first-order chi connectivity index (χ1) is 1.73. The van der Waals surface area contributed by atoms with Crippen LogP contribution >= 0.6 is 24.0 Å². The predicted octanol–water partition coefficient (Wildman–Crippen LogP) is -0.900. The molecule has 0 saturated carbocycles. The minimum atomic E-state index is -1.83. The molecule has 7 heavy (non-hydrogen) atoms. The van der Waals surface area contributed by atoms with E-state index >= 15 is 0 Å². The molecule has 0 unspecified atom stereocenters. The third kappa shape index (κ3) is 98.3. The molecule has 0 amide bonds. The van der Waals surface area contributed by atoms with Gasteiger partial charge in [0.15, 0.2) is 0 Å². The molecule has 4 nitrogen and oxygen atoms in total. The van der Waals surface area contributed by atoms with E-state index in [9.17, 15) is 0 Å². The van der Waals surface area contributed by atoms with Crippen LogP contribution in [0.25, 0.3) is 0 Å². The molecule has 0 bridgehead atoms. The van der Waals surface area contributed by atoms with Gasteiger partial charge in [0.2, 0.25) is 0 Å². The molecule has 0 fully saturated rings. The Kier molecular flexibility index (Phi) is 52.7. The third-order valence-corrected chi connectivity index (χ3v) is 0. The molecule has 0 radical (unpaired) electrons. The predicted molar refractivity (Wildman–Crippen MR) is 38.2 cm³/mol. The van der Waals surface area contributed by atoms with E-state index in [1.54, 1.807) is 0 Å². The van der Waals surface area contributed by atoms with Crippen molar-refractivity contribution in [1.82, 2.24) is 0 Å². The van der Waals surface area contributed by atoms with Gasteiger partial charge in [-0.25, -0.2) is 4.79 Å². The molecule has 0 aliphatic carbocycles. The van der Waals surface area contributed by atoms with Crippen LogP contribution in [-0.4, -0.2) is 70.7 Å². The summed E-state index contributed by atoms with van der Waals surface area (Å²) >= 11 is 0. The van der Waals surface area contributed by atoms with Crippen LogP contribution in [0.5, 0.6) is 0 Å². The number of hydrogen-bond acceptors (Lipinski definition) is 1. The number of halogens is 1. The fraction of sp³-hybridized carbons (Fsp3) is 0. The van der Waals surface area contributed by atoms with Gasteiger partial charge in [0.25, 0.3) is 0 Å². The van der Waals surface area contributed by atoms with Crippen molar-refractivity contribution in [2.45, 2.75) is 0 Å². The molecular weight excluding hydrogens is 340 g/mol. The SMILES string of the molecule is I.O.O=C(O)O.[BaH2]. The summed E-state index contributed by atoms with van der Waals surface area (Å²) in [4.78, 5) is 8.56. The summed E-state index contributed by atoms with van der Waals surface area (Å²) < 4.78 is 0. The van der Waals surface area contributed by atoms with Gasteiger partial charge in [-0.15, -0.1) is 24.0 Å². The summed E-state index contributed by atoms with van der Waals surface area (Å²) in [6.45, 7) is 0. The van der Waals surface area contributed by atoms with Crippen molar-refractivity contribution in [2.75, 3.05) is 0 Å². The summed E-state index contributed by atoms with van der Waals surface area (Å²) in [7, 11) is 0. The Morgan fingerprint density at radius 1 is 1.29 bits per heavy atom. The summed E-state index contributed by atoms with van der Waals surface area (Å²) in [6, 6.07) is 0. The van der Waals surface area contributed by atoms with Crippen molar-refractivity contribution in [1.29, 1.82) is 0 Å². The van der Waals surface area contributed by atoms with Crippen LogP contribution < -0.4 is 0 Å². The fourth-order valence-corrected chi connectivity index (χ4v) is 0. The topological polar surface area (TPSA) is 89.0 Å². The van der Waals surface area contributed by atoms with E-state index in [2.05, 4.69) is 0 Å². The van der Waals surface area contributed by atoms with Gasteiger partial charge >= 0.3 is 55.0 Å². The zero-order valence-electron chi connectivity index (χ0n) is 2.71. The Bertz CT molecular complexity index is 34.7. The quantitative estimate of drug-likeness (QED) is 0.440. The number of rotatable bonds is 0.